The smallest absolute Gasteiger partial charge is 0.334 e. The van der Waals surface area contributed by atoms with Crippen LogP contribution in [0.25, 0.3) is 11.5 Å². The molecule has 0 radical (unpaired) electrons. The summed E-state index contributed by atoms with van der Waals surface area (Å²) in [6.45, 7) is 2.20. The molecule has 0 aliphatic rings. The van der Waals surface area contributed by atoms with Crippen LogP contribution in [0.5, 0.6) is 0 Å². The van der Waals surface area contributed by atoms with Gasteiger partial charge in [0.2, 0.25) is 5.89 Å². The molecule has 102 valence electrons. The molecule has 0 aromatic carbocycles. The number of aromatic nitrogens is 3. The average Bonchev–Trinajstić information content (AvgIpc) is 2.91. The second kappa shape index (κ2) is 6.06. The molecule has 2 heterocycles. The zero-order valence-corrected chi connectivity index (χ0v) is 11.4. The van der Waals surface area contributed by atoms with Crippen molar-refractivity contribution in [1.29, 1.82) is 0 Å². The SMILES string of the molecule is CCOP(=O)(O)CC[n+]1ccc(-c2ncco2)cn1. The lowest BCUT2D eigenvalue weighted by atomic mass is 10.3. The van der Waals surface area contributed by atoms with Crippen molar-refractivity contribution in [2.45, 2.75) is 13.5 Å². The maximum Gasteiger partial charge on any atom is 0.334 e. The van der Waals surface area contributed by atoms with Crippen LogP contribution in [0.2, 0.25) is 0 Å². The molecule has 2 rings (SSSR count). The first-order valence-corrected chi connectivity index (χ1v) is 7.59. The molecule has 19 heavy (non-hydrogen) atoms. The molecule has 0 spiro atoms. The minimum absolute atomic E-state index is 0.0247. The lowest BCUT2D eigenvalue weighted by molar-refractivity contribution is -0.750. The molecule has 0 amide bonds. The summed E-state index contributed by atoms with van der Waals surface area (Å²) >= 11 is 0. The molecule has 0 aliphatic carbocycles. The molecular weight excluding hydrogens is 269 g/mol. The van der Waals surface area contributed by atoms with E-state index in [0.29, 0.717) is 12.4 Å². The van der Waals surface area contributed by atoms with Gasteiger partial charge in [-0.2, -0.15) is 0 Å². The Hall–Kier alpha value is -1.56. The van der Waals surface area contributed by atoms with Crippen molar-refractivity contribution in [2.75, 3.05) is 12.8 Å². The Morgan fingerprint density at radius 1 is 1.58 bits per heavy atom. The Balaban J connectivity index is 1.98. The van der Waals surface area contributed by atoms with Gasteiger partial charge in [-0.3, -0.25) is 4.57 Å². The summed E-state index contributed by atoms with van der Waals surface area (Å²) in [4.78, 5) is 13.5. The molecule has 1 unspecified atom stereocenters. The van der Waals surface area contributed by atoms with Crippen molar-refractivity contribution < 1.29 is 23.1 Å². The normalized spacial score (nSPS) is 14.2. The molecule has 0 saturated heterocycles. The summed E-state index contributed by atoms with van der Waals surface area (Å²) in [6.07, 6.45) is 6.36. The van der Waals surface area contributed by atoms with Crippen LogP contribution in [0.3, 0.4) is 0 Å². The van der Waals surface area contributed by atoms with Gasteiger partial charge in [-0.15, -0.1) is 0 Å². The molecule has 7 nitrogen and oxygen atoms in total. The molecule has 8 heteroatoms. The predicted octanol–water partition coefficient (Wildman–Crippen LogP) is 1.25. The van der Waals surface area contributed by atoms with Gasteiger partial charge in [-0.25, -0.2) is 4.98 Å². The summed E-state index contributed by atoms with van der Waals surface area (Å²) in [5.74, 6) is 0.488. The number of hydrogen-bond donors (Lipinski definition) is 1. The fourth-order valence-electron chi connectivity index (χ4n) is 1.50. The van der Waals surface area contributed by atoms with Crippen molar-refractivity contribution >= 4 is 7.60 Å². The summed E-state index contributed by atoms with van der Waals surface area (Å²) < 4.78 is 23.0. The first-order valence-electron chi connectivity index (χ1n) is 5.83. The van der Waals surface area contributed by atoms with Gasteiger partial charge in [0.1, 0.15) is 18.6 Å². The van der Waals surface area contributed by atoms with Gasteiger partial charge in [0.05, 0.1) is 18.4 Å². The third-order valence-electron chi connectivity index (χ3n) is 2.39. The van der Waals surface area contributed by atoms with Crippen LogP contribution in [-0.4, -0.2) is 27.7 Å². The van der Waals surface area contributed by atoms with E-state index in [2.05, 4.69) is 10.1 Å². The van der Waals surface area contributed by atoms with Crippen LogP contribution in [0.15, 0.2) is 35.3 Å². The van der Waals surface area contributed by atoms with Crippen molar-refractivity contribution in [3.8, 4) is 11.5 Å². The van der Waals surface area contributed by atoms with E-state index in [4.69, 9.17) is 8.94 Å². The third kappa shape index (κ3) is 3.96. The van der Waals surface area contributed by atoms with Gasteiger partial charge in [0.25, 0.3) is 0 Å². The highest BCUT2D eigenvalue weighted by atomic mass is 31.2. The lowest BCUT2D eigenvalue weighted by Crippen LogP contribution is -2.38. The van der Waals surface area contributed by atoms with Crippen molar-refractivity contribution in [2.24, 2.45) is 0 Å². The van der Waals surface area contributed by atoms with Gasteiger partial charge in [-0.05, 0) is 12.0 Å². The molecule has 0 saturated carbocycles. The maximum atomic E-state index is 11.5. The lowest BCUT2D eigenvalue weighted by Gasteiger charge is -2.07. The Kier molecular flexibility index (Phi) is 4.42. The number of nitrogens with zero attached hydrogens (tertiary/aromatic N) is 3. The number of aryl methyl sites for hydroxylation is 1. The van der Waals surface area contributed by atoms with E-state index in [0.717, 1.165) is 5.56 Å². The molecule has 1 atom stereocenters. The van der Waals surface area contributed by atoms with Gasteiger partial charge >= 0.3 is 7.60 Å². The molecular formula is C11H15N3O4P+. The molecule has 0 bridgehead atoms. The van der Waals surface area contributed by atoms with E-state index in [1.165, 1.54) is 6.26 Å². The highest BCUT2D eigenvalue weighted by Crippen LogP contribution is 2.40. The van der Waals surface area contributed by atoms with Crippen LogP contribution >= 0.6 is 7.60 Å². The van der Waals surface area contributed by atoms with E-state index in [-0.39, 0.29) is 12.8 Å². The minimum Gasteiger partial charge on any atom is -0.444 e. The van der Waals surface area contributed by atoms with Crippen LogP contribution in [0, 0.1) is 0 Å². The second-order valence-electron chi connectivity index (χ2n) is 3.79. The van der Waals surface area contributed by atoms with Gasteiger partial charge in [0.15, 0.2) is 12.7 Å². The fourth-order valence-corrected chi connectivity index (χ4v) is 2.49. The first kappa shape index (κ1) is 13.9. The second-order valence-corrected chi connectivity index (χ2v) is 5.78. The van der Waals surface area contributed by atoms with Gasteiger partial charge < -0.3 is 13.8 Å². The van der Waals surface area contributed by atoms with Crippen molar-refractivity contribution in [3.05, 3.63) is 30.9 Å². The highest BCUT2D eigenvalue weighted by molar-refractivity contribution is 7.52. The highest BCUT2D eigenvalue weighted by Gasteiger charge is 2.21. The summed E-state index contributed by atoms with van der Waals surface area (Å²) in [5, 5.41) is 4.13. The average molecular weight is 284 g/mol. The van der Waals surface area contributed by atoms with E-state index in [1.807, 2.05) is 0 Å². The van der Waals surface area contributed by atoms with Crippen LogP contribution in [0.1, 0.15) is 6.92 Å². The molecule has 2 aromatic rings. The Morgan fingerprint density at radius 2 is 2.42 bits per heavy atom. The van der Waals surface area contributed by atoms with Gasteiger partial charge in [0, 0.05) is 6.07 Å². The van der Waals surface area contributed by atoms with E-state index >= 15 is 0 Å². The largest absolute Gasteiger partial charge is 0.444 e. The van der Waals surface area contributed by atoms with E-state index in [1.54, 1.807) is 36.3 Å². The molecule has 0 fully saturated rings. The monoisotopic (exact) mass is 284 g/mol. The number of rotatable bonds is 6. The molecule has 0 aliphatic heterocycles. The quantitative estimate of drug-likeness (QED) is 0.634. The summed E-state index contributed by atoms with van der Waals surface area (Å²) in [5.41, 5.74) is 0.748. The van der Waals surface area contributed by atoms with E-state index in [9.17, 15) is 9.46 Å². The first-order chi connectivity index (χ1) is 9.11. The number of hydrogen-bond acceptors (Lipinski definition) is 5. The van der Waals surface area contributed by atoms with Crippen molar-refractivity contribution in [3.63, 3.8) is 0 Å². The molecule has 2 aromatic heterocycles. The third-order valence-corrected chi connectivity index (χ3v) is 3.82. The predicted molar refractivity (Wildman–Crippen MR) is 66.2 cm³/mol. The van der Waals surface area contributed by atoms with Crippen LogP contribution < -0.4 is 4.68 Å². The topological polar surface area (TPSA) is 89.3 Å². The van der Waals surface area contributed by atoms with Crippen molar-refractivity contribution in [1.82, 2.24) is 10.1 Å². The zero-order chi connectivity index (χ0) is 13.7. The Bertz CT molecular complexity index is 556. The molecule has 1 N–H and O–H groups in total. The van der Waals surface area contributed by atoms with Crippen LogP contribution in [-0.2, 0) is 15.6 Å². The fraction of sp³-hybridized carbons (Fsp3) is 0.364. The standard InChI is InChI=1S/C11H14N3O4P/c1-2-18-19(15,16)8-6-14-5-3-10(9-13-14)11-12-4-7-17-11/h3-5,7,9H,2,6,8H2,1H3/p+1. The number of oxazole rings is 1. The Labute approximate surface area is 110 Å². The minimum atomic E-state index is -3.51. The maximum absolute atomic E-state index is 11.5. The summed E-state index contributed by atoms with van der Waals surface area (Å²) in [6, 6.07) is 1.78. The van der Waals surface area contributed by atoms with Crippen LogP contribution in [0.4, 0.5) is 0 Å². The Morgan fingerprint density at radius 3 is 3.00 bits per heavy atom. The van der Waals surface area contributed by atoms with Gasteiger partial charge in [-0.1, -0.05) is 4.68 Å². The zero-order valence-electron chi connectivity index (χ0n) is 10.5. The van der Waals surface area contributed by atoms with E-state index < -0.39 is 7.60 Å². The summed E-state index contributed by atoms with van der Waals surface area (Å²) in [7, 11) is -3.51.